The predicted octanol–water partition coefficient (Wildman–Crippen LogP) is 1.29. The molecule has 0 bridgehead atoms. The maximum atomic E-state index is 13.3. The van der Waals surface area contributed by atoms with Crippen molar-refractivity contribution >= 4 is 5.69 Å². The summed E-state index contributed by atoms with van der Waals surface area (Å²) in [5.41, 5.74) is -0.727. The van der Waals surface area contributed by atoms with E-state index in [1.54, 1.807) is 6.92 Å². The third kappa shape index (κ3) is 2.05. The Hall–Kier alpha value is -2.51. The van der Waals surface area contributed by atoms with Gasteiger partial charge in [0.25, 0.3) is 0 Å². The molecule has 0 unspecified atom stereocenters. The molecule has 8 heteroatoms. The van der Waals surface area contributed by atoms with Gasteiger partial charge in [-0.1, -0.05) is 6.07 Å². The lowest BCUT2D eigenvalue weighted by atomic mass is 10.1. The highest BCUT2D eigenvalue weighted by molar-refractivity contribution is 5.67. The molecule has 0 aliphatic carbocycles. The second-order valence-electron chi connectivity index (χ2n) is 3.16. The number of aromatic nitrogens is 4. The SMILES string of the molecule is Cc1nnc(-c2cccc(F)c2[N+](=O)[O-])nn1. The summed E-state index contributed by atoms with van der Waals surface area (Å²) < 4.78 is 13.3. The minimum atomic E-state index is -0.948. The fourth-order valence-corrected chi connectivity index (χ4v) is 1.27. The molecule has 0 fully saturated rings. The van der Waals surface area contributed by atoms with E-state index >= 15 is 0 Å². The van der Waals surface area contributed by atoms with E-state index in [1.807, 2.05) is 0 Å². The zero-order valence-corrected chi connectivity index (χ0v) is 8.66. The molecular formula is C9H6FN5O2. The highest BCUT2D eigenvalue weighted by Gasteiger charge is 2.23. The minimum Gasteiger partial charge on any atom is -0.258 e. The summed E-state index contributed by atoms with van der Waals surface area (Å²) >= 11 is 0. The fourth-order valence-electron chi connectivity index (χ4n) is 1.27. The van der Waals surface area contributed by atoms with Gasteiger partial charge < -0.3 is 0 Å². The van der Waals surface area contributed by atoms with E-state index in [0.29, 0.717) is 5.82 Å². The van der Waals surface area contributed by atoms with Gasteiger partial charge in [0.1, 0.15) is 5.56 Å². The molecule has 0 spiro atoms. The molecule has 0 amide bonds. The molecule has 2 aromatic rings. The Kier molecular flexibility index (Phi) is 2.69. The van der Waals surface area contributed by atoms with Crippen molar-refractivity contribution in [1.29, 1.82) is 0 Å². The molecule has 7 nitrogen and oxygen atoms in total. The number of nitro benzene ring substituents is 1. The Morgan fingerprint density at radius 2 is 1.88 bits per heavy atom. The summed E-state index contributed by atoms with van der Waals surface area (Å²) in [5.74, 6) is -0.703. The minimum absolute atomic E-state index is 0.0463. The number of para-hydroxylation sites is 1. The van der Waals surface area contributed by atoms with Gasteiger partial charge in [-0.25, -0.2) is 0 Å². The topological polar surface area (TPSA) is 94.7 Å². The average Bonchev–Trinajstić information content (AvgIpc) is 2.29. The number of hydrogen-bond acceptors (Lipinski definition) is 6. The van der Waals surface area contributed by atoms with Crippen molar-refractivity contribution in [2.24, 2.45) is 0 Å². The van der Waals surface area contributed by atoms with Crippen LogP contribution in [0, 0.1) is 22.9 Å². The number of nitro groups is 1. The van der Waals surface area contributed by atoms with Gasteiger partial charge in [-0.2, -0.15) is 4.39 Å². The summed E-state index contributed by atoms with van der Waals surface area (Å²) in [6, 6.07) is 3.67. The van der Waals surface area contributed by atoms with Crippen LogP contribution in [0.25, 0.3) is 11.4 Å². The van der Waals surface area contributed by atoms with E-state index in [0.717, 1.165) is 6.07 Å². The second-order valence-corrected chi connectivity index (χ2v) is 3.16. The number of aryl methyl sites for hydroxylation is 1. The van der Waals surface area contributed by atoms with Crippen molar-refractivity contribution < 1.29 is 9.31 Å². The van der Waals surface area contributed by atoms with Gasteiger partial charge in [-0.15, -0.1) is 20.4 Å². The van der Waals surface area contributed by atoms with E-state index < -0.39 is 16.4 Å². The molecule has 0 saturated heterocycles. The number of benzene rings is 1. The van der Waals surface area contributed by atoms with Crippen molar-refractivity contribution in [2.75, 3.05) is 0 Å². The Labute approximate surface area is 94.5 Å². The first-order chi connectivity index (χ1) is 8.09. The first-order valence-corrected chi connectivity index (χ1v) is 4.57. The zero-order valence-electron chi connectivity index (χ0n) is 8.66. The molecule has 0 radical (unpaired) electrons. The van der Waals surface area contributed by atoms with E-state index in [1.165, 1.54) is 12.1 Å². The van der Waals surface area contributed by atoms with Crippen molar-refractivity contribution in [3.8, 4) is 11.4 Å². The van der Waals surface area contributed by atoms with Gasteiger partial charge in [0.15, 0.2) is 5.82 Å². The highest BCUT2D eigenvalue weighted by Crippen LogP contribution is 2.28. The summed E-state index contributed by atoms with van der Waals surface area (Å²) in [6.07, 6.45) is 0. The lowest BCUT2D eigenvalue weighted by molar-refractivity contribution is -0.386. The van der Waals surface area contributed by atoms with Gasteiger partial charge in [0, 0.05) is 0 Å². The molecule has 2 rings (SSSR count). The summed E-state index contributed by atoms with van der Waals surface area (Å²) in [5, 5.41) is 25.3. The first kappa shape index (κ1) is 11.0. The molecule has 0 aliphatic heterocycles. The van der Waals surface area contributed by atoms with Crippen LogP contribution in [0.2, 0.25) is 0 Å². The maximum Gasteiger partial charge on any atom is 0.315 e. The van der Waals surface area contributed by atoms with Gasteiger partial charge in [0.2, 0.25) is 11.6 Å². The van der Waals surface area contributed by atoms with Crippen LogP contribution in [-0.4, -0.2) is 25.3 Å². The molecule has 1 heterocycles. The largest absolute Gasteiger partial charge is 0.315 e. The molecule has 0 aliphatic rings. The predicted molar refractivity (Wildman–Crippen MR) is 54.4 cm³/mol. The lowest BCUT2D eigenvalue weighted by Crippen LogP contribution is -2.02. The van der Waals surface area contributed by atoms with Crippen LogP contribution >= 0.6 is 0 Å². The lowest BCUT2D eigenvalue weighted by Gasteiger charge is -2.00. The number of nitrogens with zero attached hydrogens (tertiary/aromatic N) is 5. The molecule has 0 N–H and O–H groups in total. The quantitative estimate of drug-likeness (QED) is 0.574. The zero-order chi connectivity index (χ0) is 12.4. The molecule has 1 aromatic heterocycles. The maximum absolute atomic E-state index is 13.3. The van der Waals surface area contributed by atoms with Gasteiger partial charge in [-0.05, 0) is 19.1 Å². The Balaban J connectivity index is 2.63. The molecule has 0 saturated carbocycles. The second kappa shape index (κ2) is 4.16. The van der Waals surface area contributed by atoms with Crippen LogP contribution in [0.15, 0.2) is 18.2 Å². The smallest absolute Gasteiger partial charge is 0.258 e. The summed E-state index contributed by atoms with van der Waals surface area (Å²) in [6.45, 7) is 1.57. The third-order valence-electron chi connectivity index (χ3n) is 1.99. The van der Waals surface area contributed by atoms with E-state index in [-0.39, 0.29) is 11.4 Å². The van der Waals surface area contributed by atoms with Gasteiger partial charge in [-0.3, -0.25) is 10.1 Å². The van der Waals surface area contributed by atoms with Crippen LogP contribution in [0.4, 0.5) is 10.1 Å². The fraction of sp³-hybridized carbons (Fsp3) is 0.111. The molecule has 17 heavy (non-hydrogen) atoms. The standard InChI is InChI=1S/C9H6FN5O2/c1-5-11-13-9(14-12-5)6-3-2-4-7(10)8(6)15(16)17/h2-4H,1H3. The highest BCUT2D eigenvalue weighted by atomic mass is 19.1. The average molecular weight is 235 g/mol. The van der Waals surface area contributed by atoms with Crippen LogP contribution in [-0.2, 0) is 0 Å². The molecule has 1 aromatic carbocycles. The number of hydrogen-bond donors (Lipinski definition) is 0. The number of rotatable bonds is 2. The summed E-state index contributed by atoms with van der Waals surface area (Å²) in [7, 11) is 0. The molecule has 0 atom stereocenters. The third-order valence-corrected chi connectivity index (χ3v) is 1.99. The van der Waals surface area contributed by atoms with E-state index in [2.05, 4.69) is 20.4 Å². The van der Waals surface area contributed by atoms with Crippen LogP contribution in [0.3, 0.4) is 0 Å². The van der Waals surface area contributed by atoms with Crippen molar-refractivity contribution in [3.05, 3.63) is 40.0 Å². The monoisotopic (exact) mass is 235 g/mol. The first-order valence-electron chi connectivity index (χ1n) is 4.57. The van der Waals surface area contributed by atoms with Crippen LogP contribution < -0.4 is 0 Å². The molecule has 86 valence electrons. The van der Waals surface area contributed by atoms with Gasteiger partial charge >= 0.3 is 5.69 Å². The Morgan fingerprint density at radius 3 is 2.47 bits per heavy atom. The van der Waals surface area contributed by atoms with Gasteiger partial charge in [0.05, 0.1) is 4.92 Å². The number of halogens is 1. The van der Waals surface area contributed by atoms with E-state index in [4.69, 9.17) is 0 Å². The Morgan fingerprint density at radius 1 is 1.24 bits per heavy atom. The van der Waals surface area contributed by atoms with Crippen LogP contribution in [0.5, 0.6) is 0 Å². The summed E-state index contributed by atoms with van der Waals surface area (Å²) in [4.78, 5) is 9.93. The Bertz CT molecular complexity index is 572. The normalized spacial score (nSPS) is 10.2. The van der Waals surface area contributed by atoms with Crippen molar-refractivity contribution in [1.82, 2.24) is 20.4 Å². The van der Waals surface area contributed by atoms with Crippen LogP contribution in [0.1, 0.15) is 5.82 Å². The van der Waals surface area contributed by atoms with E-state index in [9.17, 15) is 14.5 Å². The van der Waals surface area contributed by atoms with Crippen molar-refractivity contribution in [3.63, 3.8) is 0 Å². The molecular weight excluding hydrogens is 229 g/mol. The van der Waals surface area contributed by atoms with Crippen molar-refractivity contribution in [2.45, 2.75) is 6.92 Å².